The van der Waals surface area contributed by atoms with Crippen LogP contribution in [0.5, 0.6) is 5.75 Å². The minimum absolute atomic E-state index is 0.163. The number of carbonyl (C=O) groups excluding carboxylic acids is 1. The van der Waals surface area contributed by atoms with Gasteiger partial charge in [0.05, 0.1) is 13.2 Å². The number of ether oxygens (including phenoxy) is 1. The maximum atomic E-state index is 13.5. The van der Waals surface area contributed by atoms with Gasteiger partial charge in [0, 0.05) is 12.1 Å². The molecule has 5 nitrogen and oxygen atoms in total. The largest absolute Gasteiger partial charge is 0.497 e. The van der Waals surface area contributed by atoms with Gasteiger partial charge in [0.1, 0.15) is 11.7 Å². The van der Waals surface area contributed by atoms with Crippen molar-refractivity contribution in [3.63, 3.8) is 0 Å². The lowest BCUT2D eigenvalue weighted by atomic mass is 9.79. The lowest BCUT2D eigenvalue weighted by Crippen LogP contribution is -2.44. The molecule has 1 aliphatic rings. The Morgan fingerprint density at radius 3 is 2.30 bits per heavy atom. The fourth-order valence-corrected chi connectivity index (χ4v) is 4.10. The van der Waals surface area contributed by atoms with Gasteiger partial charge in [-0.1, -0.05) is 60.2 Å². The maximum Gasteiger partial charge on any atom is 0.313 e. The second-order valence-electron chi connectivity index (χ2n) is 7.54. The van der Waals surface area contributed by atoms with Gasteiger partial charge < -0.3 is 14.7 Å². The molecule has 1 heterocycles. The standard InChI is InChI=1S/C25H23NO4/c1-16-7-9-17(10-8-16)15-26-23(18-11-13-19(30-2)14-12-18)22(25(28)29)20-5-3-4-6-21(20)24(26)27/h3-14,22-23H,15H2,1-2H3,(H,28,29). The number of aryl methyl sites for hydroxylation is 1. The molecule has 2 unspecified atom stereocenters. The van der Waals surface area contributed by atoms with Gasteiger partial charge in [-0.15, -0.1) is 0 Å². The molecular formula is C25H23NO4. The molecule has 0 bridgehead atoms. The molecule has 0 spiro atoms. The van der Waals surface area contributed by atoms with Crippen LogP contribution in [0.2, 0.25) is 0 Å². The highest BCUT2D eigenvalue weighted by atomic mass is 16.5. The number of amides is 1. The van der Waals surface area contributed by atoms with Crippen molar-refractivity contribution in [3.8, 4) is 5.75 Å². The Labute approximate surface area is 175 Å². The molecule has 2 atom stereocenters. The van der Waals surface area contributed by atoms with Gasteiger partial charge in [-0.05, 0) is 41.8 Å². The molecule has 5 heteroatoms. The minimum atomic E-state index is -0.954. The first-order chi connectivity index (χ1) is 14.5. The van der Waals surface area contributed by atoms with Crippen molar-refractivity contribution in [2.24, 2.45) is 0 Å². The van der Waals surface area contributed by atoms with Crippen LogP contribution in [0.25, 0.3) is 0 Å². The fourth-order valence-electron chi connectivity index (χ4n) is 4.10. The molecule has 30 heavy (non-hydrogen) atoms. The van der Waals surface area contributed by atoms with Crippen LogP contribution in [0.15, 0.2) is 72.8 Å². The van der Waals surface area contributed by atoms with Crippen LogP contribution >= 0.6 is 0 Å². The molecular weight excluding hydrogens is 378 g/mol. The van der Waals surface area contributed by atoms with E-state index in [1.807, 2.05) is 43.3 Å². The Morgan fingerprint density at radius 1 is 1.00 bits per heavy atom. The third-order valence-electron chi connectivity index (χ3n) is 5.64. The van der Waals surface area contributed by atoms with E-state index in [-0.39, 0.29) is 5.91 Å². The number of carboxylic acids is 1. The van der Waals surface area contributed by atoms with Crippen molar-refractivity contribution < 1.29 is 19.4 Å². The van der Waals surface area contributed by atoms with Crippen LogP contribution in [0, 0.1) is 6.92 Å². The maximum absolute atomic E-state index is 13.5. The van der Waals surface area contributed by atoms with Gasteiger partial charge in [-0.25, -0.2) is 0 Å². The summed E-state index contributed by atoms with van der Waals surface area (Å²) in [5, 5.41) is 10.2. The fraction of sp³-hybridized carbons (Fsp3) is 0.200. The lowest BCUT2D eigenvalue weighted by molar-refractivity contribution is -0.140. The Hall–Kier alpha value is -3.60. The number of hydrogen-bond acceptors (Lipinski definition) is 3. The highest BCUT2D eigenvalue weighted by molar-refractivity contribution is 6.00. The Balaban J connectivity index is 1.85. The predicted octanol–water partition coefficient (Wildman–Crippen LogP) is 4.57. The highest BCUT2D eigenvalue weighted by Crippen LogP contribution is 2.43. The number of nitrogens with zero attached hydrogens (tertiary/aromatic N) is 1. The molecule has 152 valence electrons. The molecule has 0 aliphatic carbocycles. The third kappa shape index (κ3) is 3.54. The minimum Gasteiger partial charge on any atom is -0.497 e. The first-order valence-corrected chi connectivity index (χ1v) is 9.82. The first-order valence-electron chi connectivity index (χ1n) is 9.82. The Kier molecular flexibility index (Phi) is 5.27. The summed E-state index contributed by atoms with van der Waals surface area (Å²) in [7, 11) is 1.58. The quantitative estimate of drug-likeness (QED) is 0.680. The molecule has 0 radical (unpaired) electrons. The van der Waals surface area contributed by atoms with Crippen molar-refractivity contribution in [3.05, 3.63) is 101 Å². The number of fused-ring (bicyclic) bond motifs is 1. The van der Waals surface area contributed by atoms with E-state index in [1.54, 1.807) is 48.4 Å². The van der Waals surface area contributed by atoms with E-state index in [0.717, 1.165) is 16.7 Å². The summed E-state index contributed by atoms with van der Waals surface area (Å²) in [5.41, 5.74) is 3.84. The second-order valence-corrected chi connectivity index (χ2v) is 7.54. The van der Waals surface area contributed by atoms with Crippen molar-refractivity contribution in [2.75, 3.05) is 7.11 Å². The number of rotatable bonds is 5. The highest BCUT2D eigenvalue weighted by Gasteiger charge is 2.44. The summed E-state index contributed by atoms with van der Waals surface area (Å²) in [6, 6.07) is 21.6. The number of carbonyl (C=O) groups is 2. The van der Waals surface area contributed by atoms with Gasteiger partial charge in [-0.3, -0.25) is 9.59 Å². The first kappa shape index (κ1) is 19.7. The van der Waals surface area contributed by atoms with E-state index < -0.39 is 17.9 Å². The molecule has 3 aromatic rings. The molecule has 1 amide bonds. The van der Waals surface area contributed by atoms with Gasteiger partial charge in [0.25, 0.3) is 5.91 Å². The van der Waals surface area contributed by atoms with E-state index in [9.17, 15) is 14.7 Å². The van der Waals surface area contributed by atoms with Gasteiger partial charge in [-0.2, -0.15) is 0 Å². The molecule has 0 saturated heterocycles. The van der Waals surface area contributed by atoms with Crippen LogP contribution in [0.4, 0.5) is 0 Å². The Morgan fingerprint density at radius 2 is 1.67 bits per heavy atom. The SMILES string of the molecule is COc1ccc(C2C(C(=O)O)c3ccccc3C(=O)N2Cc2ccc(C)cc2)cc1. The molecule has 0 fully saturated rings. The van der Waals surface area contributed by atoms with Gasteiger partial charge in [0.15, 0.2) is 0 Å². The number of hydrogen-bond donors (Lipinski definition) is 1. The summed E-state index contributed by atoms with van der Waals surface area (Å²) in [4.78, 5) is 27.6. The summed E-state index contributed by atoms with van der Waals surface area (Å²) >= 11 is 0. The van der Waals surface area contributed by atoms with Crippen molar-refractivity contribution in [1.29, 1.82) is 0 Å². The van der Waals surface area contributed by atoms with Gasteiger partial charge >= 0.3 is 5.97 Å². The van der Waals surface area contributed by atoms with Crippen LogP contribution in [-0.2, 0) is 11.3 Å². The van der Waals surface area contributed by atoms with Crippen LogP contribution in [0.1, 0.15) is 44.6 Å². The second kappa shape index (κ2) is 8.03. The molecule has 0 saturated carbocycles. The predicted molar refractivity (Wildman–Crippen MR) is 114 cm³/mol. The summed E-state index contributed by atoms with van der Waals surface area (Å²) in [5.74, 6) is -1.30. The lowest BCUT2D eigenvalue weighted by Gasteiger charge is -2.41. The van der Waals surface area contributed by atoms with Crippen molar-refractivity contribution in [1.82, 2.24) is 4.90 Å². The molecule has 4 rings (SSSR count). The van der Waals surface area contributed by atoms with Gasteiger partial charge in [0.2, 0.25) is 0 Å². The normalized spacial score (nSPS) is 18.1. The number of benzene rings is 3. The van der Waals surface area contributed by atoms with E-state index in [1.165, 1.54) is 0 Å². The van der Waals surface area contributed by atoms with Crippen LogP contribution in [0.3, 0.4) is 0 Å². The number of aliphatic carboxylic acids is 1. The molecule has 1 aliphatic heterocycles. The average Bonchev–Trinajstić information content (AvgIpc) is 2.76. The van der Waals surface area contributed by atoms with Crippen LogP contribution < -0.4 is 4.74 Å². The topological polar surface area (TPSA) is 66.8 Å². The Bertz CT molecular complexity index is 1070. The molecule has 0 aromatic heterocycles. The summed E-state index contributed by atoms with van der Waals surface area (Å²) in [6.07, 6.45) is 0. The zero-order valence-corrected chi connectivity index (χ0v) is 16.9. The summed E-state index contributed by atoms with van der Waals surface area (Å²) in [6.45, 7) is 2.33. The van der Waals surface area contributed by atoms with E-state index in [4.69, 9.17) is 4.74 Å². The molecule has 3 aromatic carbocycles. The molecule has 1 N–H and O–H groups in total. The van der Waals surface area contributed by atoms with Crippen molar-refractivity contribution >= 4 is 11.9 Å². The zero-order valence-electron chi connectivity index (χ0n) is 16.9. The smallest absolute Gasteiger partial charge is 0.313 e. The van der Waals surface area contributed by atoms with E-state index in [2.05, 4.69) is 0 Å². The zero-order chi connectivity index (χ0) is 21.3. The average molecular weight is 401 g/mol. The third-order valence-corrected chi connectivity index (χ3v) is 5.64. The summed E-state index contributed by atoms with van der Waals surface area (Å²) < 4.78 is 5.25. The monoisotopic (exact) mass is 401 g/mol. The van der Waals surface area contributed by atoms with E-state index in [0.29, 0.717) is 23.4 Å². The number of methoxy groups -OCH3 is 1. The van der Waals surface area contributed by atoms with E-state index >= 15 is 0 Å². The van der Waals surface area contributed by atoms with Crippen molar-refractivity contribution in [2.45, 2.75) is 25.4 Å². The number of carboxylic acid groups (broad SMARTS) is 1. The van der Waals surface area contributed by atoms with Crippen LogP contribution in [-0.4, -0.2) is 29.0 Å².